The molecule has 1 heterocycles. The van der Waals surface area contributed by atoms with Gasteiger partial charge < -0.3 is 5.32 Å². The van der Waals surface area contributed by atoms with Crippen molar-refractivity contribution < 1.29 is 4.39 Å². The van der Waals surface area contributed by atoms with Crippen molar-refractivity contribution in [3.05, 3.63) is 40.2 Å². The van der Waals surface area contributed by atoms with Crippen LogP contribution in [0.5, 0.6) is 0 Å². The summed E-state index contributed by atoms with van der Waals surface area (Å²) in [6, 6.07) is 4.61. The third-order valence-corrected chi connectivity index (χ3v) is 3.11. The summed E-state index contributed by atoms with van der Waals surface area (Å²) >= 11 is 3.38. The number of hydrogen-bond donors (Lipinski definition) is 1. The van der Waals surface area contributed by atoms with E-state index in [9.17, 15) is 4.39 Å². The number of anilines is 1. The Kier molecular flexibility index (Phi) is 3.91. The van der Waals surface area contributed by atoms with Gasteiger partial charge in [0.1, 0.15) is 11.6 Å². The van der Waals surface area contributed by atoms with Crippen LogP contribution in [0.3, 0.4) is 0 Å². The second-order valence-electron chi connectivity index (χ2n) is 3.88. The quantitative estimate of drug-likeness (QED) is 0.937. The average molecular weight is 310 g/mol. The molecule has 0 amide bonds. The maximum atomic E-state index is 13.3. The minimum absolute atomic E-state index is 0.285. The molecule has 2 rings (SSSR count). The Hall–Kier alpha value is -1.49. The molecule has 0 saturated heterocycles. The topological polar surface area (TPSA) is 37.8 Å². The summed E-state index contributed by atoms with van der Waals surface area (Å²) in [5, 5.41) is 3.13. The van der Waals surface area contributed by atoms with Gasteiger partial charge in [0.2, 0.25) is 0 Å². The minimum atomic E-state index is -0.285. The molecule has 0 saturated carbocycles. The first-order chi connectivity index (χ1) is 8.61. The van der Waals surface area contributed by atoms with Gasteiger partial charge in [0.25, 0.3) is 0 Å². The van der Waals surface area contributed by atoms with Crippen LogP contribution in [0.15, 0.2) is 28.9 Å². The predicted octanol–water partition coefficient (Wildman–Crippen LogP) is 3.79. The van der Waals surface area contributed by atoms with E-state index in [0.717, 1.165) is 16.6 Å². The van der Waals surface area contributed by atoms with Crippen molar-refractivity contribution in [1.29, 1.82) is 0 Å². The molecule has 1 N–H and O–H groups in total. The maximum Gasteiger partial charge on any atom is 0.161 e. The highest BCUT2D eigenvalue weighted by atomic mass is 79.9. The highest BCUT2D eigenvalue weighted by Crippen LogP contribution is 2.25. The molecule has 1 aromatic heterocycles. The number of benzene rings is 1. The number of nitrogens with zero attached hydrogens (tertiary/aromatic N) is 2. The molecule has 0 fully saturated rings. The summed E-state index contributed by atoms with van der Waals surface area (Å²) < 4.78 is 14.1. The van der Waals surface area contributed by atoms with Gasteiger partial charge in [-0.2, -0.15) is 0 Å². The van der Waals surface area contributed by atoms with Gasteiger partial charge in [0.15, 0.2) is 5.82 Å². The Bertz CT molecular complexity index is 572. The molecule has 5 heteroatoms. The summed E-state index contributed by atoms with van der Waals surface area (Å²) in [4.78, 5) is 8.63. The van der Waals surface area contributed by atoms with Crippen LogP contribution in [-0.4, -0.2) is 16.5 Å². The highest BCUT2D eigenvalue weighted by Gasteiger charge is 2.09. The lowest BCUT2D eigenvalue weighted by molar-refractivity contribution is 0.627. The molecule has 0 radical (unpaired) electrons. The van der Waals surface area contributed by atoms with Gasteiger partial charge in [-0.25, -0.2) is 14.4 Å². The Labute approximate surface area is 114 Å². The van der Waals surface area contributed by atoms with Crippen LogP contribution in [0.1, 0.15) is 12.5 Å². The van der Waals surface area contributed by atoms with E-state index in [-0.39, 0.29) is 5.82 Å². The van der Waals surface area contributed by atoms with Gasteiger partial charge in [-0.15, -0.1) is 0 Å². The van der Waals surface area contributed by atoms with Gasteiger partial charge in [-0.05, 0) is 47.5 Å². The lowest BCUT2D eigenvalue weighted by atomic mass is 10.1. The second-order valence-corrected chi connectivity index (χ2v) is 4.73. The minimum Gasteiger partial charge on any atom is -0.369 e. The predicted molar refractivity (Wildman–Crippen MR) is 74.0 cm³/mol. The molecule has 3 nitrogen and oxygen atoms in total. The lowest BCUT2D eigenvalue weighted by Crippen LogP contribution is -2.03. The monoisotopic (exact) mass is 309 g/mol. The molecule has 0 unspecified atom stereocenters. The molecule has 2 aromatic rings. The Balaban J connectivity index is 2.50. The number of hydrogen-bond acceptors (Lipinski definition) is 3. The summed E-state index contributed by atoms with van der Waals surface area (Å²) in [7, 11) is 0. The van der Waals surface area contributed by atoms with E-state index in [2.05, 4.69) is 31.2 Å². The Morgan fingerprint density at radius 2 is 2.17 bits per heavy atom. The van der Waals surface area contributed by atoms with E-state index in [4.69, 9.17) is 0 Å². The smallest absolute Gasteiger partial charge is 0.161 e. The SMILES string of the molecule is CCNc1nc(-c2cc(F)ccc2C)ncc1Br. The van der Waals surface area contributed by atoms with Gasteiger partial charge in [-0.1, -0.05) is 6.07 Å². The van der Waals surface area contributed by atoms with Crippen molar-refractivity contribution in [2.24, 2.45) is 0 Å². The van der Waals surface area contributed by atoms with Crippen molar-refractivity contribution in [2.45, 2.75) is 13.8 Å². The first-order valence-electron chi connectivity index (χ1n) is 5.64. The molecule has 0 spiro atoms. The zero-order valence-electron chi connectivity index (χ0n) is 10.2. The number of halogens is 2. The summed E-state index contributed by atoms with van der Waals surface area (Å²) in [5.74, 6) is 0.949. The standard InChI is InChI=1S/C13H13BrFN3/c1-3-16-13-11(14)7-17-12(18-13)10-6-9(15)5-4-8(10)2/h4-7H,3H2,1-2H3,(H,16,17,18). The number of nitrogens with one attached hydrogen (secondary N) is 1. The van der Waals surface area contributed by atoms with Crippen molar-refractivity contribution in [2.75, 3.05) is 11.9 Å². The zero-order valence-corrected chi connectivity index (χ0v) is 11.8. The third-order valence-electron chi connectivity index (χ3n) is 2.53. The second kappa shape index (κ2) is 5.44. The first kappa shape index (κ1) is 13.0. The van der Waals surface area contributed by atoms with Crippen LogP contribution in [0.25, 0.3) is 11.4 Å². The highest BCUT2D eigenvalue weighted by molar-refractivity contribution is 9.10. The van der Waals surface area contributed by atoms with Crippen LogP contribution in [-0.2, 0) is 0 Å². The molecular formula is C13H13BrFN3. The fourth-order valence-electron chi connectivity index (χ4n) is 1.62. The molecule has 0 aliphatic carbocycles. The van der Waals surface area contributed by atoms with E-state index in [0.29, 0.717) is 17.2 Å². The summed E-state index contributed by atoms with van der Waals surface area (Å²) in [6.07, 6.45) is 1.67. The van der Waals surface area contributed by atoms with E-state index >= 15 is 0 Å². The van der Waals surface area contributed by atoms with E-state index in [1.54, 1.807) is 12.3 Å². The number of aromatic nitrogens is 2. The summed E-state index contributed by atoms with van der Waals surface area (Å²) in [6.45, 7) is 4.66. The fourth-order valence-corrected chi connectivity index (χ4v) is 1.95. The molecule has 0 atom stereocenters. The molecule has 0 bridgehead atoms. The molecular weight excluding hydrogens is 297 g/mol. The fraction of sp³-hybridized carbons (Fsp3) is 0.231. The number of rotatable bonds is 3. The van der Waals surface area contributed by atoms with Crippen LogP contribution < -0.4 is 5.32 Å². The molecule has 0 aliphatic heterocycles. The zero-order chi connectivity index (χ0) is 13.1. The van der Waals surface area contributed by atoms with Crippen molar-refractivity contribution in [1.82, 2.24) is 9.97 Å². The van der Waals surface area contributed by atoms with Crippen LogP contribution in [0.4, 0.5) is 10.2 Å². The first-order valence-corrected chi connectivity index (χ1v) is 6.44. The molecule has 94 valence electrons. The van der Waals surface area contributed by atoms with Crippen LogP contribution in [0, 0.1) is 12.7 Å². The molecule has 0 aliphatic rings. The molecule has 1 aromatic carbocycles. The van der Waals surface area contributed by atoms with Gasteiger partial charge in [-0.3, -0.25) is 0 Å². The Morgan fingerprint density at radius 1 is 1.39 bits per heavy atom. The normalized spacial score (nSPS) is 10.4. The van der Waals surface area contributed by atoms with Gasteiger partial charge in [0.05, 0.1) is 4.47 Å². The van der Waals surface area contributed by atoms with Gasteiger partial charge in [0, 0.05) is 18.3 Å². The average Bonchev–Trinajstić information content (AvgIpc) is 2.35. The van der Waals surface area contributed by atoms with Crippen LogP contribution in [0.2, 0.25) is 0 Å². The van der Waals surface area contributed by atoms with Gasteiger partial charge >= 0.3 is 0 Å². The van der Waals surface area contributed by atoms with E-state index in [1.165, 1.54) is 12.1 Å². The third kappa shape index (κ3) is 2.67. The van der Waals surface area contributed by atoms with Crippen molar-refractivity contribution >= 4 is 21.7 Å². The molecule has 18 heavy (non-hydrogen) atoms. The largest absolute Gasteiger partial charge is 0.369 e. The maximum absolute atomic E-state index is 13.3. The Morgan fingerprint density at radius 3 is 2.89 bits per heavy atom. The van der Waals surface area contributed by atoms with E-state index < -0.39 is 0 Å². The summed E-state index contributed by atoms with van der Waals surface area (Å²) in [5.41, 5.74) is 1.66. The lowest BCUT2D eigenvalue weighted by Gasteiger charge is -2.09. The van der Waals surface area contributed by atoms with E-state index in [1.807, 2.05) is 13.8 Å². The number of aryl methyl sites for hydroxylation is 1. The van der Waals surface area contributed by atoms with Crippen LogP contribution >= 0.6 is 15.9 Å². The van der Waals surface area contributed by atoms with Crippen molar-refractivity contribution in [3.63, 3.8) is 0 Å². The van der Waals surface area contributed by atoms with Crippen molar-refractivity contribution in [3.8, 4) is 11.4 Å².